The molecule has 174 valence electrons. The van der Waals surface area contributed by atoms with Gasteiger partial charge < -0.3 is 14.8 Å². The topological polar surface area (TPSA) is 89.0 Å². The number of hydrogen-bond donors (Lipinski definition) is 2. The van der Waals surface area contributed by atoms with Crippen molar-refractivity contribution in [2.75, 3.05) is 13.7 Å². The van der Waals surface area contributed by atoms with Crippen LogP contribution in [-0.2, 0) is 16.2 Å². The van der Waals surface area contributed by atoms with Crippen molar-refractivity contribution < 1.29 is 19.1 Å². The molecule has 0 atom stereocenters. The van der Waals surface area contributed by atoms with Crippen LogP contribution in [0.3, 0.4) is 0 Å². The van der Waals surface area contributed by atoms with Gasteiger partial charge in [0.05, 0.1) is 19.9 Å². The average Bonchev–Trinajstić information content (AvgIpc) is 2.86. The first-order chi connectivity index (χ1) is 16.5. The quantitative estimate of drug-likeness (QED) is 0.236. The van der Waals surface area contributed by atoms with Crippen LogP contribution in [0.5, 0.6) is 11.5 Å². The van der Waals surface area contributed by atoms with Gasteiger partial charge in [0.2, 0.25) is 5.91 Å². The smallest absolute Gasteiger partial charge is 0.259 e. The highest BCUT2D eigenvalue weighted by atomic mass is 79.9. The SMILES string of the molecule is COc1ccc(/C=C/C(=O)NCC(=O)NN=Cc2cc(Br)ccc2OCc2ccccc2)cc1. The summed E-state index contributed by atoms with van der Waals surface area (Å²) in [6, 6.07) is 22.6. The lowest BCUT2D eigenvalue weighted by Crippen LogP contribution is -2.34. The summed E-state index contributed by atoms with van der Waals surface area (Å²) in [5, 5.41) is 6.49. The van der Waals surface area contributed by atoms with E-state index in [-0.39, 0.29) is 6.54 Å². The molecule has 0 spiro atoms. The zero-order valence-electron chi connectivity index (χ0n) is 18.5. The van der Waals surface area contributed by atoms with E-state index in [0.29, 0.717) is 17.9 Å². The van der Waals surface area contributed by atoms with Crippen molar-refractivity contribution in [3.05, 3.63) is 100 Å². The monoisotopic (exact) mass is 521 g/mol. The molecule has 8 heteroatoms. The molecule has 3 aromatic rings. The lowest BCUT2D eigenvalue weighted by atomic mass is 10.2. The van der Waals surface area contributed by atoms with Crippen LogP contribution in [-0.4, -0.2) is 31.7 Å². The van der Waals surface area contributed by atoms with Gasteiger partial charge >= 0.3 is 0 Å². The molecule has 0 heterocycles. The first-order valence-electron chi connectivity index (χ1n) is 10.4. The van der Waals surface area contributed by atoms with Crippen molar-refractivity contribution in [2.24, 2.45) is 5.10 Å². The molecule has 34 heavy (non-hydrogen) atoms. The fraction of sp³-hybridized carbons (Fsp3) is 0.115. The fourth-order valence-electron chi connectivity index (χ4n) is 2.81. The largest absolute Gasteiger partial charge is 0.497 e. The normalized spacial score (nSPS) is 10.9. The third kappa shape index (κ3) is 8.22. The Balaban J connectivity index is 1.47. The average molecular weight is 522 g/mol. The lowest BCUT2D eigenvalue weighted by Gasteiger charge is -2.09. The number of hydrogen-bond acceptors (Lipinski definition) is 5. The number of carbonyl (C=O) groups is 2. The molecule has 0 unspecified atom stereocenters. The van der Waals surface area contributed by atoms with E-state index in [1.165, 1.54) is 12.3 Å². The molecule has 0 saturated heterocycles. The summed E-state index contributed by atoms with van der Waals surface area (Å²) in [6.45, 7) is 0.199. The molecule has 2 amide bonds. The molecule has 0 bridgehead atoms. The van der Waals surface area contributed by atoms with Gasteiger partial charge in [-0.3, -0.25) is 9.59 Å². The van der Waals surface area contributed by atoms with E-state index in [9.17, 15) is 9.59 Å². The van der Waals surface area contributed by atoms with E-state index in [0.717, 1.165) is 21.3 Å². The first-order valence-corrected chi connectivity index (χ1v) is 11.2. The third-order valence-electron chi connectivity index (χ3n) is 4.57. The fourth-order valence-corrected chi connectivity index (χ4v) is 3.19. The number of rotatable bonds is 10. The second-order valence-corrected chi connectivity index (χ2v) is 7.99. The molecule has 0 radical (unpaired) electrons. The molecule has 3 aromatic carbocycles. The number of methoxy groups -OCH3 is 1. The van der Waals surface area contributed by atoms with Gasteiger partial charge in [-0.25, -0.2) is 5.43 Å². The summed E-state index contributed by atoms with van der Waals surface area (Å²) in [5.74, 6) is 0.515. The van der Waals surface area contributed by atoms with Crippen molar-refractivity contribution in [1.29, 1.82) is 0 Å². The summed E-state index contributed by atoms with van der Waals surface area (Å²) < 4.78 is 11.8. The molecule has 3 rings (SSSR count). The zero-order valence-corrected chi connectivity index (χ0v) is 20.1. The van der Waals surface area contributed by atoms with E-state index in [4.69, 9.17) is 9.47 Å². The Morgan fingerprint density at radius 2 is 1.79 bits per heavy atom. The number of hydrazone groups is 1. The van der Waals surface area contributed by atoms with Crippen LogP contribution < -0.4 is 20.2 Å². The van der Waals surface area contributed by atoms with Gasteiger partial charge in [-0.1, -0.05) is 58.4 Å². The van der Waals surface area contributed by atoms with Gasteiger partial charge in [0, 0.05) is 16.1 Å². The van der Waals surface area contributed by atoms with Crippen molar-refractivity contribution in [3.8, 4) is 11.5 Å². The van der Waals surface area contributed by atoms with E-state index < -0.39 is 11.8 Å². The molecule has 0 aromatic heterocycles. The Morgan fingerprint density at radius 1 is 1.03 bits per heavy atom. The van der Waals surface area contributed by atoms with E-state index in [1.807, 2.05) is 60.7 Å². The summed E-state index contributed by atoms with van der Waals surface area (Å²) in [4.78, 5) is 24.0. The van der Waals surface area contributed by atoms with Gasteiger partial charge in [-0.05, 0) is 47.5 Å². The maximum atomic E-state index is 12.0. The van der Waals surface area contributed by atoms with Crippen molar-refractivity contribution in [1.82, 2.24) is 10.7 Å². The molecule has 0 saturated carbocycles. The highest BCUT2D eigenvalue weighted by Crippen LogP contribution is 2.22. The van der Waals surface area contributed by atoms with Gasteiger partial charge in [0.25, 0.3) is 5.91 Å². The minimum absolute atomic E-state index is 0.209. The van der Waals surface area contributed by atoms with Gasteiger partial charge in [-0.2, -0.15) is 5.10 Å². The number of halogens is 1. The van der Waals surface area contributed by atoms with Crippen molar-refractivity contribution in [3.63, 3.8) is 0 Å². The Kier molecular flexibility index (Phi) is 9.42. The second-order valence-electron chi connectivity index (χ2n) is 7.07. The van der Waals surface area contributed by atoms with Crippen LogP contribution in [0.15, 0.2) is 88.4 Å². The molecular weight excluding hydrogens is 498 g/mol. The van der Waals surface area contributed by atoms with Crippen molar-refractivity contribution >= 4 is 40.0 Å². The maximum Gasteiger partial charge on any atom is 0.259 e. The van der Waals surface area contributed by atoms with Crippen LogP contribution in [0.4, 0.5) is 0 Å². The highest BCUT2D eigenvalue weighted by molar-refractivity contribution is 9.10. The Morgan fingerprint density at radius 3 is 2.53 bits per heavy atom. The van der Waals surface area contributed by atoms with Crippen LogP contribution in [0.2, 0.25) is 0 Å². The van der Waals surface area contributed by atoms with Crippen LogP contribution in [0.1, 0.15) is 16.7 Å². The molecule has 0 fully saturated rings. The Bertz CT molecular complexity index is 1160. The highest BCUT2D eigenvalue weighted by Gasteiger charge is 2.05. The molecular formula is C26H24BrN3O4. The van der Waals surface area contributed by atoms with E-state index in [1.54, 1.807) is 25.3 Å². The zero-order chi connectivity index (χ0) is 24.2. The molecule has 2 N–H and O–H groups in total. The number of benzene rings is 3. The third-order valence-corrected chi connectivity index (χ3v) is 5.06. The minimum atomic E-state index is -0.454. The summed E-state index contributed by atoms with van der Waals surface area (Å²) in [7, 11) is 1.59. The predicted molar refractivity (Wildman–Crippen MR) is 136 cm³/mol. The Labute approximate surface area is 206 Å². The summed E-state index contributed by atoms with van der Waals surface area (Å²) >= 11 is 3.43. The number of nitrogens with zero attached hydrogens (tertiary/aromatic N) is 1. The Hall–Kier alpha value is -3.91. The van der Waals surface area contributed by atoms with Crippen LogP contribution in [0, 0.1) is 0 Å². The maximum absolute atomic E-state index is 12.0. The van der Waals surface area contributed by atoms with Crippen LogP contribution >= 0.6 is 15.9 Å². The summed E-state index contributed by atoms with van der Waals surface area (Å²) in [6.07, 6.45) is 4.50. The molecule has 0 aliphatic heterocycles. The number of nitrogens with one attached hydrogen (secondary N) is 2. The first kappa shape index (κ1) is 24.7. The van der Waals surface area contributed by atoms with Crippen LogP contribution in [0.25, 0.3) is 6.08 Å². The molecule has 0 aliphatic carbocycles. The second kappa shape index (κ2) is 13.0. The van der Waals surface area contributed by atoms with E-state index in [2.05, 4.69) is 31.8 Å². The standard InChI is InChI=1S/C26H24BrN3O4/c1-33-23-11-7-19(8-12-23)9-14-25(31)28-17-26(32)30-29-16-21-15-22(27)10-13-24(21)34-18-20-5-3-2-4-6-20/h2-16H,17-18H2,1H3,(H,28,31)(H,30,32)/b14-9+,29-16?. The molecule has 7 nitrogen and oxygen atoms in total. The number of amides is 2. The molecule has 0 aliphatic rings. The van der Waals surface area contributed by atoms with Gasteiger partial charge in [0.1, 0.15) is 18.1 Å². The lowest BCUT2D eigenvalue weighted by molar-refractivity contribution is -0.123. The number of ether oxygens (including phenoxy) is 2. The van der Waals surface area contributed by atoms with E-state index >= 15 is 0 Å². The van der Waals surface area contributed by atoms with Crippen molar-refractivity contribution in [2.45, 2.75) is 6.61 Å². The minimum Gasteiger partial charge on any atom is -0.497 e. The number of carbonyl (C=O) groups excluding carboxylic acids is 2. The predicted octanol–water partition coefficient (Wildman–Crippen LogP) is 4.32. The van der Waals surface area contributed by atoms with Gasteiger partial charge in [-0.15, -0.1) is 0 Å². The van der Waals surface area contributed by atoms with Gasteiger partial charge in [0.15, 0.2) is 0 Å². The summed E-state index contributed by atoms with van der Waals surface area (Å²) in [5.41, 5.74) is 4.97.